The molecule has 0 amide bonds. The molecular formula is C15H23N5O. The molecule has 0 bridgehead atoms. The zero-order chi connectivity index (χ0) is 15.2. The number of aromatic nitrogens is 4. The highest BCUT2D eigenvalue weighted by Crippen LogP contribution is 2.12. The van der Waals surface area contributed by atoms with Crippen LogP contribution < -0.4 is 0 Å². The largest absolute Gasteiger partial charge is 0.338 e. The molecule has 2 aromatic rings. The van der Waals surface area contributed by atoms with Crippen LogP contribution in [0, 0.1) is 6.92 Å². The molecule has 2 rings (SSSR count). The molecule has 0 fully saturated rings. The van der Waals surface area contributed by atoms with Crippen molar-refractivity contribution in [2.24, 2.45) is 0 Å². The molecule has 0 aromatic carbocycles. The van der Waals surface area contributed by atoms with Crippen molar-refractivity contribution < 1.29 is 4.52 Å². The summed E-state index contributed by atoms with van der Waals surface area (Å²) >= 11 is 0. The predicted octanol–water partition coefficient (Wildman–Crippen LogP) is 2.35. The quantitative estimate of drug-likeness (QED) is 0.698. The highest BCUT2D eigenvalue weighted by Gasteiger charge is 2.13. The highest BCUT2D eigenvalue weighted by molar-refractivity contribution is 5.15. The fourth-order valence-electron chi connectivity index (χ4n) is 2.15. The summed E-state index contributed by atoms with van der Waals surface area (Å²) < 4.78 is 7.17. The van der Waals surface area contributed by atoms with Crippen molar-refractivity contribution in [3.8, 4) is 0 Å². The number of hydrogen-bond donors (Lipinski definition) is 0. The molecule has 0 radical (unpaired) electrons. The maximum atomic E-state index is 5.26. The van der Waals surface area contributed by atoms with Gasteiger partial charge in [-0.3, -0.25) is 9.58 Å². The number of rotatable bonds is 8. The van der Waals surface area contributed by atoms with E-state index in [9.17, 15) is 0 Å². The lowest BCUT2D eigenvalue weighted by molar-refractivity contribution is 0.228. The molecule has 6 heteroatoms. The number of allylic oxidation sites excluding steroid dienone is 1. The summed E-state index contributed by atoms with van der Waals surface area (Å²) in [5, 5.41) is 8.41. The summed E-state index contributed by atoms with van der Waals surface area (Å²) in [6.07, 6.45) is 4.71. The van der Waals surface area contributed by atoms with Gasteiger partial charge >= 0.3 is 0 Å². The van der Waals surface area contributed by atoms with Crippen LogP contribution >= 0.6 is 0 Å². The third kappa shape index (κ3) is 4.01. The molecule has 2 heterocycles. The summed E-state index contributed by atoms with van der Waals surface area (Å²) in [6, 6.07) is 0. The Labute approximate surface area is 125 Å². The van der Waals surface area contributed by atoms with Crippen LogP contribution in [0.2, 0.25) is 0 Å². The first-order valence-corrected chi connectivity index (χ1v) is 7.33. The van der Waals surface area contributed by atoms with Crippen molar-refractivity contribution in [1.82, 2.24) is 24.8 Å². The van der Waals surface area contributed by atoms with E-state index in [1.807, 2.05) is 24.6 Å². The standard InChI is InChI=1S/C15H23N5O/c1-5-8-20-10-13(12(4)17-20)9-19(7-3)11-15-16-14(6-2)18-21-15/h5,10H,1,6-9,11H2,2-4H3. The van der Waals surface area contributed by atoms with Crippen LogP contribution in [-0.4, -0.2) is 31.4 Å². The Kier molecular flexibility index (Phi) is 5.27. The molecule has 0 saturated heterocycles. The van der Waals surface area contributed by atoms with Crippen LogP contribution in [0.15, 0.2) is 23.4 Å². The van der Waals surface area contributed by atoms with E-state index in [2.05, 4.69) is 39.8 Å². The Morgan fingerprint density at radius 1 is 1.38 bits per heavy atom. The number of hydrogen-bond acceptors (Lipinski definition) is 5. The Hall–Kier alpha value is -1.95. The first-order chi connectivity index (χ1) is 10.2. The van der Waals surface area contributed by atoms with Gasteiger partial charge in [-0.15, -0.1) is 6.58 Å². The third-order valence-electron chi connectivity index (χ3n) is 3.39. The molecule has 0 unspecified atom stereocenters. The molecule has 114 valence electrons. The molecule has 0 N–H and O–H groups in total. The second-order valence-corrected chi connectivity index (χ2v) is 5.01. The van der Waals surface area contributed by atoms with Gasteiger partial charge in [0.2, 0.25) is 5.89 Å². The maximum Gasteiger partial charge on any atom is 0.240 e. The number of aryl methyl sites for hydroxylation is 2. The van der Waals surface area contributed by atoms with Crippen LogP contribution in [0.4, 0.5) is 0 Å². The molecule has 0 atom stereocenters. The topological polar surface area (TPSA) is 60.0 Å². The minimum atomic E-state index is 0.662. The zero-order valence-corrected chi connectivity index (χ0v) is 13.0. The Morgan fingerprint density at radius 2 is 2.19 bits per heavy atom. The Morgan fingerprint density at radius 3 is 2.81 bits per heavy atom. The highest BCUT2D eigenvalue weighted by atomic mass is 16.5. The van der Waals surface area contributed by atoms with Crippen LogP contribution in [0.5, 0.6) is 0 Å². The van der Waals surface area contributed by atoms with E-state index in [0.29, 0.717) is 12.4 Å². The predicted molar refractivity (Wildman–Crippen MR) is 80.6 cm³/mol. The minimum Gasteiger partial charge on any atom is -0.338 e. The van der Waals surface area contributed by atoms with Crippen LogP contribution in [0.1, 0.15) is 36.8 Å². The lowest BCUT2D eigenvalue weighted by Gasteiger charge is -2.17. The van der Waals surface area contributed by atoms with Crippen molar-refractivity contribution in [1.29, 1.82) is 0 Å². The summed E-state index contributed by atoms with van der Waals surface area (Å²) in [5.41, 5.74) is 2.27. The van der Waals surface area contributed by atoms with Gasteiger partial charge in [-0.2, -0.15) is 10.1 Å². The van der Waals surface area contributed by atoms with Gasteiger partial charge < -0.3 is 4.52 Å². The van der Waals surface area contributed by atoms with E-state index in [4.69, 9.17) is 4.52 Å². The Balaban J connectivity index is 2.02. The second-order valence-electron chi connectivity index (χ2n) is 5.01. The first-order valence-electron chi connectivity index (χ1n) is 7.33. The molecule has 0 aliphatic heterocycles. The lowest BCUT2D eigenvalue weighted by atomic mass is 10.2. The molecule has 0 aliphatic rings. The smallest absolute Gasteiger partial charge is 0.240 e. The van der Waals surface area contributed by atoms with Crippen molar-refractivity contribution in [2.75, 3.05) is 6.54 Å². The van der Waals surface area contributed by atoms with Gasteiger partial charge in [0, 0.05) is 24.7 Å². The van der Waals surface area contributed by atoms with Gasteiger partial charge in [-0.05, 0) is 13.5 Å². The normalized spacial score (nSPS) is 11.2. The molecule has 0 spiro atoms. The molecular weight excluding hydrogens is 266 g/mol. The van der Waals surface area contributed by atoms with Crippen LogP contribution in [0.3, 0.4) is 0 Å². The average molecular weight is 289 g/mol. The zero-order valence-electron chi connectivity index (χ0n) is 13.0. The fourth-order valence-corrected chi connectivity index (χ4v) is 2.15. The van der Waals surface area contributed by atoms with Crippen molar-refractivity contribution >= 4 is 0 Å². The van der Waals surface area contributed by atoms with E-state index < -0.39 is 0 Å². The molecule has 21 heavy (non-hydrogen) atoms. The van der Waals surface area contributed by atoms with E-state index in [0.717, 1.165) is 37.6 Å². The summed E-state index contributed by atoms with van der Waals surface area (Å²) in [7, 11) is 0. The minimum absolute atomic E-state index is 0.662. The molecule has 0 saturated carbocycles. The molecule has 6 nitrogen and oxygen atoms in total. The lowest BCUT2D eigenvalue weighted by Crippen LogP contribution is -2.22. The van der Waals surface area contributed by atoms with E-state index >= 15 is 0 Å². The van der Waals surface area contributed by atoms with E-state index in [1.165, 1.54) is 5.56 Å². The van der Waals surface area contributed by atoms with Gasteiger partial charge in [0.15, 0.2) is 5.82 Å². The average Bonchev–Trinajstić information content (AvgIpc) is 3.06. The van der Waals surface area contributed by atoms with E-state index in [1.54, 1.807) is 0 Å². The van der Waals surface area contributed by atoms with Crippen molar-refractivity contribution in [2.45, 2.75) is 46.8 Å². The fraction of sp³-hybridized carbons (Fsp3) is 0.533. The summed E-state index contributed by atoms with van der Waals surface area (Å²) in [4.78, 5) is 6.62. The second kappa shape index (κ2) is 7.17. The third-order valence-corrected chi connectivity index (χ3v) is 3.39. The van der Waals surface area contributed by atoms with Gasteiger partial charge in [0.05, 0.1) is 18.8 Å². The maximum absolute atomic E-state index is 5.26. The number of nitrogens with zero attached hydrogens (tertiary/aromatic N) is 5. The van der Waals surface area contributed by atoms with Crippen molar-refractivity contribution in [3.05, 3.63) is 41.8 Å². The Bertz CT molecular complexity index is 587. The molecule has 0 aliphatic carbocycles. The van der Waals surface area contributed by atoms with Gasteiger partial charge in [-0.25, -0.2) is 0 Å². The SMILES string of the molecule is C=CCn1cc(CN(CC)Cc2nc(CC)no2)c(C)n1. The van der Waals surface area contributed by atoms with Gasteiger partial charge in [-0.1, -0.05) is 25.1 Å². The molecule has 2 aromatic heterocycles. The monoisotopic (exact) mass is 289 g/mol. The van der Waals surface area contributed by atoms with Crippen LogP contribution in [-0.2, 0) is 26.1 Å². The van der Waals surface area contributed by atoms with Crippen molar-refractivity contribution in [3.63, 3.8) is 0 Å². The van der Waals surface area contributed by atoms with Gasteiger partial charge in [0.25, 0.3) is 0 Å². The van der Waals surface area contributed by atoms with Crippen LogP contribution in [0.25, 0.3) is 0 Å². The summed E-state index contributed by atoms with van der Waals surface area (Å²) in [5.74, 6) is 1.43. The van der Waals surface area contributed by atoms with E-state index in [-0.39, 0.29) is 0 Å². The first kappa shape index (κ1) is 15.4. The summed E-state index contributed by atoms with van der Waals surface area (Å²) in [6.45, 7) is 13.0. The van der Waals surface area contributed by atoms with Gasteiger partial charge in [0.1, 0.15) is 0 Å².